The van der Waals surface area contributed by atoms with E-state index < -0.39 is 5.82 Å². The van der Waals surface area contributed by atoms with Gasteiger partial charge in [0, 0.05) is 5.88 Å². The van der Waals surface area contributed by atoms with Crippen LogP contribution in [0.3, 0.4) is 0 Å². The fraction of sp³-hybridized carbons (Fsp3) is 0.250. The maximum Gasteiger partial charge on any atom is 0.140 e. The molecule has 0 saturated carbocycles. The van der Waals surface area contributed by atoms with E-state index >= 15 is 0 Å². The average Bonchev–Trinajstić information content (AvgIpc) is 2.28. The summed E-state index contributed by atoms with van der Waals surface area (Å²) < 4.78 is 13.0. The lowest BCUT2D eigenvalue weighted by Gasteiger charge is -2.00. The zero-order valence-corrected chi connectivity index (χ0v) is 9.18. The topological polar surface area (TPSA) is 23.8 Å². The fourth-order valence-electron chi connectivity index (χ4n) is 1.19. The molecule has 0 bridgehead atoms. The molecule has 0 unspecified atom stereocenters. The molecule has 0 aromatic heterocycles. The standard InChI is InChI=1S/C12H11ClFN/c1-2-9(7-13)5-10-3-4-12(14)11(6-10)8-15/h3-6H,2,7H2,1H3/b9-5-. The van der Waals surface area contributed by atoms with Crippen LogP contribution in [0.25, 0.3) is 6.08 Å². The van der Waals surface area contributed by atoms with E-state index in [1.807, 2.05) is 19.1 Å². The average molecular weight is 224 g/mol. The van der Waals surface area contributed by atoms with E-state index in [4.69, 9.17) is 16.9 Å². The maximum absolute atomic E-state index is 13.0. The van der Waals surface area contributed by atoms with Crippen LogP contribution in [0.4, 0.5) is 4.39 Å². The van der Waals surface area contributed by atoms with E-state index in [1.54, 1.807) is 6.07 Å². The van der Waals surface area contributed by atoms with Crippen LogP contribution in [0.5, 0.6) is 0 Å². The van der Waals surface area contributed by atoms with Gasteiger partial charge in [-0.25, -0.2) is 4.39 Å². The van der Waals surface area contributed by atoms with Crippen molar-refractivity contribution in [2.75, 3.05) is 5.88 Å². The van der Waals surface area contributed by atoms with Gasteiger partial charge < -0.3 is 0 Å². The number of allylic oxidation sites excluding steroid dienone is 1. The van der Waals surface area contributed by atoms with Crippen molar-refractivity contribution in [2.24, 2.45) is 0 Å². The molecule has 0 aliphatic heterocycles. The molecule has 0 fully saturated rings. The fourth-order valence-corrected chi connectivity index (χ4v) is 1.46. The summed E-state index contributed by atoms with van der Waals surface area (Å²) in [5.74, 6) is -0.0333. The van der Waals surface area contributed by atoms with Gasteiger partial charge in [0.2, 0.25) is 0 Å². The third-order valence-corrected chi connectivity index (χ3v) is 2.45. The molecule has 0 heterocycles. The SMILES string of the molecule is CC/C(=C/c1ccc(F)c(C#N)c1)CCl. The van der Waals surface area contributed by atoms with Crippen molar-refractivity contribution >= 4 is 17.7 Å². The quantitative estimate of drug-likeness (QED) is 0.717. The van der Waals surface area contributed by atoms with Gasteiger partial charge in [-0.1, -0.05) is 24.6 Å². The Morgan fingerprint density at radius 3 is 2.87 bits per heavy atom. The first-order chi connectivity index (χ1) is 7.21. The second-order valence-electron chi connectivity index (χ2n) is 3.14. The summed E-state index contributed by atoms with van der Waals surface area (Å²) >= 11 is 5.72. The number of nitrogens with zero attached hydrogens (tertiary/aromatic N) is 1. The lowest BCUT2D eigenvalue weighted by molar-refractivity contribution is 0.624. The van der Waals surface area contributed by atoms with Crippen LogP contribution in [0.2, 0.25) is 0 Å². The van der Waals surface area contributed by atoms with Gasteiger partial charge in [0.1, 0.15) is 11.9 Å². The highest BCUT2D eigenvalue weighted by molar-refractivity contribution is 6.19. The van der Waals surface area contributed by atoms with Crippen molar-refractivity contribution in [3.63, 3.8) is 0 Å². The van der Waals surface area contributed by atoms with Gasteiger partial charge in [0.05, 0.1) is 5.56 Å². The largest absolute Gasteiger partial charge is 0.206 e. The molecule has 0 radical (unpaired) electrons. The highest BCUT2D eigenvalue weighted by Crippen LogP contribution is 2.14. The predicted molar refractivity (Wildman–Crippen MR) is 60.1 cm³/mol. The minimum Gasteiger partial charge on any atom is -0.206 e. The van der Waals surface area contributed by atoms with Gasteiger partial charge >= 0.3 is 0 Å². The molecule has 0 aliphatic rings. The molecule has 1 rings (SSSR count). The van der Waals surface area contributed by atoms with Gasteiger partial charge in [-0.05, 0) is 24.1 Å². The first-order valence-electron chi connectivity index (χ1n) is 4.66. The maximum atomic E-state index is 13.0. The van der Waals surface area contributed by atoms with E-state index in [0.717, 1.165) is 17.6 Å². The molecule has 3 heteroatoms. The summed E-state index contributed by atoms with van der Waals surface area (Å²) in [5, 5.41) is 8.65. The van der Waals surface area contributed by atoms with E-state index in [9.17, 15) is 4.39 Å². The molecular weight excluding hydrogens is 213 g/mol. The van der Waals surface area contributed by atoms with Crippen molar-refractivity contribution in [2.45, 2.75) is 13.3 Å². The molecule has 0 aliphatic carbocycles. The Kier molecular flexibility index (Phi) is 4.33. The molecule has 0 atom stereocenters. The molecule has 1 aromatic rings. The van der Waals surface area contributed by atoms with Crippen molar-refractivity contribution < 1.29 is 4.39 Å². The van der Waals surface area contributed by atoms with Gasteiger partial charge in [-0.15, -0.1) is 11.6 Å². The first kappa shape index (κ1) is 11.7. The van der Waals surface area contributed by atoms with E-state index in [2.05, 4.69) is 0 Å². The number of nitriles is 1. The molecule has 1 aromatic carbocycles. The van der Waals surface area contributed by atoms with Crippen LogP contribution in [0.1, 0.15) is 24.5 Å². The van der Waals surface area contributed by atoms with Gasteiger partial charge in [-0.2, -0.15) is 5.26 Å². The van der Waals surface area contributed by atoms with Crippen molar-refractivity contribution in [1.82, 2.24) is 0 Å². The second-order valence-corrected chi connectivity index (χ2v) is 3.41. The molecule has 1 nitrogen and oxygen atoms in total. The second kappa shape index (κ2) is 5.53. The Bertz CT molecular complexity index is 412. The summed E-state index contributed by atoms with van der Waals surface area (Å²) in [6.07, 6.45) is 2.73. The third kappa shape index (κ3) is 3.07. The van der Waals surface area contributed by atoms with Crippen LogP contribution in [0, 0.1) is 17.1 Å². The number of halogens is 2. The summed E-state index contributed by atoms with van der Waals surface area (Å²) in [4.78, 5) is 0. The molecule has 78 valence electrons. The smallest absolute Gasteiger partial charge is 0.140 e. The van der Waals surface area contributed by atoms with E-state index in [1.165, 1.54) is 12.1 Å². The Hall–Kier alpha value is -1.33. The molecule has 15 heavy (non-hydrogen) atoms. The van der Waals surface area contributed by atoms with Crippen LogP contribution < -0.4 is 0 Å². The molecule has 0 spiro atoms. The van der Waals surface area contributed by atoms with Crippen molar-refractivity contribution in [1.29, 1.82) is 5.26 Å². The minimum atomic E-state index is -0.487. The van der Waals surface area contributed by atoms with Crippen molar-refractivity contribution in [3.05, 3.63) is 40.7 Å². The van der Waals surface area contributed by atoms with E-state index in [0.29, 0.717) is 5.88 Å². The number of rotatable bonds is 3. The van der Waals surface area contributed by atoms with Gasteiger partial charge in [0.15, 0.2) is 0 Å². The van der Waals surface area contributed by atoms with Crippen molar-refractivity contribution in [3.8, 4) is 6.07 Å². The highest BCUT2D eigenvalue weighted by atomic mass is 35.5. The van der Waals surface area contributed by atoms with Gasteiger partial charge in [0.25, 0.3) is 0 Å². The Labute approximate surface area is 93.8 Å². The molecule has 0 N–H and O–H groups in total. The Morgan fingerprint density at radius 2 is 2.33 bits per heavy atom. The predicted octanol–water partition coefficient (Wildman–Crippen LogP) is 3.73. The highest BCUT2D eigenvalue weighted by Gasteiger charge is 2.01. The first-order valence-corrected chi connectivity index (χ1v) is 5.19. The zero-order chi connectivity index (χ0) is 11.3. The molecule has 0 amide bonds. The zero-order valence-electron chi connectivity index (χ0n) is 8.43. The number of hydrogen-bond acceptors (Lipinski definition) is 1. The van der Waals surface area contributed by atoms with Gasteiger partial charge in [-0.3, -0.25) is 0 Å². The van der Waals surface area contributed by atoms with E-state index in [-0.39, 0.29) is 5.56 Å². The Balaban J connectivity index is 3.07. The number of alkyl halides is 1. The third-order valence-electron chi connectivity index (χ3n) is 2.11. The van der Waals surface area contributed by atoms with Crippen LogP contribution in [-0.4, -0.2) is 5.88 Å². The normalized spacial score (nSPS) is 11.2. The lowest BCUT2D eigenvalue weighted by Crippen LogP contribution is -1.87. The summed E-state index contributed by atoms with van der Waals surface area (Å²) in [5.41, 5.74) is 1.94. The Morgan fingerprint density at radius 1 is 1.60 bits per heavy atom. The van der Waals surface area contributed by atoms with Crippen LogP contribution in [0.15, 0.2) is 23.8 Å². The summed E-state index contributed by atoms with van der Waals surface area (Å²) in [7, 11) is 0. The molecular formula is C12H11ClFN. The summed E-state index contributed by atoms with van der Waals surface area (Å²) in [6.45, 7) is 2.00. The van der Waals surface area contributed by atoms with Crippen LogP contribution >= 0.6 is 11.6 Å². The number of hydrogen-bond donors (Lipinski definition) is 0. The minimum absolute atomic E-state index is 0.0637. The molecule has 0 saturated heterocycles. The lowest BCUT2D eigenvalue weighted by atomic mass is 10.1. The summed E-state index contributed by atoms with van der Waals surface area (Å²) in [6, 6.07) is 6.27. The number of benzene rings is 1. The van der Waals surface area contributed by atoms with Crippen LogP contribution in [-0.2, 0) is 0 Å². The monoisotopic (exact) mass is 223 g/mol.